The van der Waals surface area contributed by atoms with Gasteiger partial charge in [0.1, 0.15) is 17.1 Å². The number of anilines is 4. The minimum Gasteiger partial charge on any atom is -0.451 e. The highest BCUT2D eigenvalue weighted by molar-refractivity contribution is 6.06. The van der Waals surface area contributed by atoms with Crippen molar-refractivity contribution in [2.24, 2.45) is 0 Å². The number of benzene rings is 1. The molecular formula is C26H28N6O4. The second-order valence-electron chi connectivity index (χ2n) is 9.07. The van der Waals surface area contributed by atoms with Crippen LogP contribution in [0.2, 0.25) is 0 Å². The lowest BCUT2D eigenvalue weighted by Crippen LogP contribution is -2.36. The number of furan rings is 1. The van der Waals surface area contributed by atoms with Crippen LogP contribution in [0.3, 0.4) is 0 Å². The summed E-state index contributed by atoms with van der Waals surface area (Å²) < 4.78 is 17.4. The maximum atomic E-state index is 13.2. The number of nitrogens with zero attached hydrogens (tertiary/aromatic N) is 4. The van der Waals surface area contributed by atoms with Gasteiger partial charge in [-0.1, -0.05) is 0 Å². The summed E-state index contributed by atoms with van der Waals surface area (Å²) in [5, 5.41) is 3.05. The molecule has 4 aromatic rings. The average molecular weight is 489 g/mol. The van der Waals surface area contributed by atoms with Crippen LogP contribution in [0.15, 0.2) is 51.4 Å². The van der Waals surface area contributed by atoms with Gasteiger partial charge in [-0.15, -0.1) is 0 Å². The minimum absolute atomic E-state index is 0.207. The van der Waals surface area contributed by atoms with Crippen LogP contribution in [0.4, 0.5) is 23.2 Å². The summed E-state index contributed by atoms with van der Waals surface area (Å²) >= 11 is 0. The molecule has 0 bridgehead atoms. The summed E-state index contributed by atoms with van der Waals surface area (Å²) in [6.07, 6.45) is 5.05. The van der Waals surface area contributed by atoms with Crippen molar-refractivity contribution in [2.75, 3.05) is 60.2 Å². The quantitative estimate of drug-likeness (QED) is 0.426. The molecule has 1 amide bonds. The van der Waals surface area contributed by atoms with Crippen LogP contribution < -0.4 is 20.9 Å². The molecule has 3 aromatic heterocycles. The smallest absolute Gasteiger partial charge is 0.298 e. The Morgan fingerprint density at radius 3 is 2.56 bits per heavy atom. The molecule has 0 saturated carbocycles. The number of oxazole rings is 1. The summed E-state index contributed by atoms with van der Waals surface area (Å²) in [6.45, 7) is 4.63. The number of carbonyl (C=O) groups is 1. The number of nitrogens with one attached hydrogen (secondary N) is 1. The number of pyridine rings is 1. The molecule has 2 aliphatic heterocycles. The number of hydrogen-bond donors (Lipinski definition) is 2. The third-order valence-corrected chi connectivity index (χ3v) is 6.62. The molecule has 3 N–H and O–H groups in total. The van der Waals surface area contributed by atoms with Crippen molar-refractivity contribution >= 4 is 40.2 Å². The second kappa shape index (κ2) is 9.54. The van der Waals surface area contributed by atoms with Crippen molar-refractivity contribution in [1.29, 1.82) is 0 Å². The van der Waals surface area contributed by atoms with E-state index in [2.05, 4.69) is 20.1 Å². The molecular weight excluding hydrogens is 460 g/mol. The molecule has 10 heteroatoms. The zero-order chi connectivity index (χ0) is 24.5. The van der Waals surface area contributed by atoms with Crippen LogP contribution >= 0.6 is 0 Å². The predicted octanol–water partition coefficient (Wildman–Crippen LogP) is 4.14. The lowest BCUT2D eigenvalue weighted by molar-refractivity contribution is 0.0997. The van der Waals surface area contributed by atoms with E-state index in [1.54, 1.807) is 30.5 Å². The highest BCUT2D eigenvalue weighted by Crippen LogP contribution is 2.35. The van der Waals surface area contributed by atoms with E-state index < -0.39 is 0 Å². The van der Waals surface area contributed by atoms with Crippen LogP contribution in [-0.2, 0) is 4.74 Å². The first-order valence-corrected chi connectivity index (χ1v) is 12.3. The Morgan fingerprint density at radius 1 is 0.944 bits per heavy atom. The predicted molar refractivity (Wildman–Crippen MR) is 137 cm³/mol. The summed E-state index contributed by atoms with van der Waals surface area (Å²) in [6, 6.07) is 11.4. The second-order valence-corrected chi connectivity index (χ2v) is 9.07. The van der Waals surface area contributed by atoms with Crippen LogP contribution in [0.5, 0.6) is 0 Å². The van der Waals surface area contributed by atoms with E-state index in [4.69, 9.17) is 24.3 Å². The number of amides is 1. The summed E-state index contributed by atoms with van der Waals surface area (Å²) in [5.74, 6) is 0.839. The topological polar surface area (TPSA) is 123 Å². The number of morpholine rings is 1. The first-order valence-electron chi connectivity index (χ1n) is 12.3. The fourth-order valence-electron chi connectivity index (χ4n) is 4.69. The van der Waals surface area contributed by atoms with Crippen molar-refractivity contribution in [1.82, 2.24) is 9.97 Å². The van der Waals surface area contributed by atoms with E-state index in [0.717, 1.165) is 55.8 Å². The number of rotatable bonds is 5. The van der Waals surface area contributed by atoms with Gasteiger partial charge in [0.2, 0.25) is 0 Å². The molecule has 6 rings (SSSR count). The van der Waals surface area contributed by atoms with Gasteiger partial charge in [-0.25, -0.2) is 4.98 Å². The molecule has 0 radical (unpaired) electrons. The van der Waals surface area contributed by atoms with Crippen LogP contribution in [0.1, 0.15) is 29.8 Å². The summed E-state index contributed by atoms with van der Waals surface area (Å²) in [5.41, 5.74) is 9.42. The van der Waals surface area contributed by atoms with Gasteiger partial charge in [-0.05, 0) is 49.6 Å². The van der Waals surface area contributed by atoms with E-state index in [1.165, 1.54) is 6.42 Å². The van der Waals surface area contributed by atoms with Gasteiger partial charge in [-0.3, -0.25) is 4.79 Å². The van der Waals surface area contributed by atoms with Crippen molar-refractivity contribution in [2.45, 2.75) is 19.3 Å². The van der Waals surface area contributed by atoms with Crippen molar-refractivity contribution < 1.29 is 18.4 Å². The average Bonchev–Trinajstić information content (AvgIpc) is 3.57. The molecule has 0 atom stereocenters. The fourth-order valence-corrected chi connectivity index (χ4v) is 4.69. The highest BCUT2D eigenvalue weighted by atomic mass is 16.5. The van der Waals surface area contributed by atoms with Gasteiger partial charge in [0, 0.05) is 44.0 Å². The fraction of sp³-hybridized carbons (Fsp3) is 0.346. The molecule has 1 aromatic carbocycles. The van der Waals surface area contributed by atoms with Gasteiger partial charge in [0.05, 0.1) is 24.6 Å². The Labute approximate surface area is 208 Å². The van der Waals surface area contributed by atoms with Crippen LogP contribution in [-0.4, -0.2) is 55.3 Å². The molecule has 186 valence electrons. The van der Waals surface area contributed by atoms with Gasteiger partial charge in [0.25, 0.3) is 11.9 Å². The molecule has 0 unspecified atom stereocenters. The van der Waals surface area contributed by atoms with Crippen molar-refractivity contribution in [3.05, 3.63) is 48.4 Å². The Balaban J connectivity index is 1.31. The number of hydrogen-bond acceptors (Lipinski definition) is 9. The zero-order valence-corrected chi connectivity index (χ0v) is 19.9. The monoisotopic (exact) mass is 488 g/mol. The number of piperidine rings is 1. The molecule has 2 aliphatic rings. The van der Waals surface area contributed by atoms with Gasteiger partial charge < -0.3 is 34.4 Å². The molecule has 5 heterocycles. The van der Waals surface area contributed by atoms with E-state index in [9.17, 15) is 4.79 Å². The number of fused-ring (bicyclic) bond motifs is 1. The third kappa shape index (κ3) is 4.47. The Bertz CT molecular complexity index is 1370. The van der Waals surface area contributed by atoms with E-state index in [1.807, 2.05) is 12.1 Å². The standard InChI is InChI=1S/C26H28N6O4/c27-24-7-4-17(16-28-24)21-5-6-22(35-21)25(33)29-18-15-23-19(14-20(18)31-8-2-1-3-9-31)30-26(36-23)32-10-12-34-13-11-32/h4-7,14-16H,1-3,8-13H2,(H2,27,28)(H,29,33). The van der Waals surface area contributed by atoms with Crippen LogP contribution in [0.25, 0.3) is 22.4 Å². The lowest BCUT2D eigenvalue weighted by Gasteiger charge is -2.30. The SMILES string of the molecule is Nc1ccc(-c2ccc(C(=O)Nc3cc4oc(N5CCOCC5)nc4cc3N3CCCCC3)o2)cn1. The molecule has 10 nitrogen and oxygen atoms in total. The number of carbonyl (C=O) groups excluding carboxylic acids is 1. The molecule has 36 heavy (non-hydrogen) atoms. The molecule has 2 fully saturated rings. The summed E-state index contributed by atoms with van der Waals surface area (Å²) in [7, 11) is 0. The Hall–Kier alpha value is -4.05. The normalized spacial score (nSPS) is 16.4. The first kappa shape index (κ1) is 22.4. The largest absolute Gasteiger partial charge is 0.451 e. The number of aromatic nitrogens is 2. The van der Waals surface area contributed by atoms with Crippen LogP contribution in [0, 0.1) is 0 Å². The van der Waals surface area contributed by atoms with Gasteiger partial charge in [-0.2, -0.15) is 4.98 Å². The molecule has 0 aliphatic carbocycles. The Kier molecular flexibility index (Phi) is 5.94. The first-order chi connectivity index (χ1) is 17.6. The maximum Gasteiger partial charge on any atom is 0.298 e. The number of ether oxygens (including phenoxy) is 1. The Morgan fingerprint density at radius 2 is 1.78 bits per heavy atom. The zero-order valence-electron chi connectivity index (χ0n) is 19.9. The number of nitrogen functional groups attached to an aromatic ring is 1. The lowest BCUT2D eigenvalue weighted by atomic mass is 10.1. The maximum absolute atomic E-state index is 13.2. The van der Waals surface area contributed by atoms with E-state index in [-0.39, 0.29) is 11.7 Å². The number of nitrogens with two attached hydrogens (primary N) is 1. The highest BCUT2D eigenvalue weighted by Gasteiger charge is 2.23. The van der Waals surface area contributed by atoms with Crippen molar-refractivity contribution in [3.8, 4) is 11.3 Å². The van der Waals surface area contributed by atoms with E-state index >= 15 is 0 Å². The minimum atomic E-state index is -0.338. The third-order valence-electron chi connectivity index (χ3n) is 6.62. The molecule has 2 saturated heterocycles. The van der Waals surface area contributed by atoms with Crippen molar-refractivity contribution in [3.63, 3.8) is 0 Å². The van der Waals surface area contributed by atoms with Gasteiger partial charge >= 0.3 is 0 Å². The van der Waals surface area contributed by atoms with Gasteiger partial charge in [0.15, 0.2) is 11.3 Å². The van der Waals surface area contributed by atoms with E-state index in [0.29, 0.717) is 42.1 Å². The summed E-state index contributed by atoms with van der Waals surface area (Å²) in [4.78, 5) is 26.4. The molecule has 0 spiro atoms.